The summed E-state index contributed by atoms with van der Waals surface area (Å²) in [6.45, 7) is 5.19. The highest BCUT2D eigenvalue weighted by Gasteiger charge is 2.36. The van der Waals surface area contributed by atoms with E-state index in [2.05, 4.69) is 22.5 Å². The van der Waals surface area contributed by atoms with Gasteiger partial charge in [-0.2, -0.15) is 0 Å². The van der Waals surface area contributed by atoms with E-state index in [-0.39, 0.29) is 24.0 Å². The zero-order chi connectivity index (χ0) is 21.9. The number of hydrogen-bond donors (Lipinski definition) is 2. The molecule has 1 aliphatic rings. The standard InChI is InChI=1S/C24H34N4O3.HI/c1-4-25-23(28-18-24(12-5-13-24)14-15-29-2)27-17-19-6-11-22(26-16-19)31-21-9-7-20(30-3)8-10-21;/h6-11,16H,4-5,12-15,17-18H2,1-3H3,(H2,25,27,28);1H. The summed E-state index contributed by atoms with van der Waals surface area (Å²) >= 11 is 0. The Hall–Kier alpha value is -2.07. The van der Waals surface area contributed by atoms with Crippen molar-refractivity contribution < 1.29 is 14.2 Å². The molecule has 2 aromatic rings. The Morgan fingerprint density at radius 2 is 1.81 bits per heavy atom. The molecule has 0 spiro atoms. The lowest BCUT2D eigenvalue weighted by molar-refractivity contribution is 0.0732. The molecule has 3 rings (SSSR count). The third-order valence-electron chi connectivity index (χ3n) is 5.72. The van der Waals surface area contributed by atoms with Gasteiger partial charge in [0.25, 0.3) is 0 Å². The summed E-state index contributed by atoms with van der Waals surface area (Å²) in [5.74, 6) is 2.90. The molecule has 7 nitrogen and oxygen atoms in total. The van der Waals surface area contributed by atoms with Gasteiger partial charge in [-0.25, -0.2) is 9.98 Å². The van der Waals surface area contributed by atoms with E-state index in [9.17, 15) is 0 Å². The van der Waals surface area contributed by atoms with Gasteiger partial charge in [0, 0.05) is 39.1 Å². The van der Waals surface area contributed by atoms with E-state index in [1.165, 1.54) is 19.3 Å². The minimum atomic E-state index is 0. The fourth-order valence-corrected chi connectivity index (χ4v) is 3.62. The molecule has 176 valence electrons. The molecule has 1 heterocycles. The largest absolute Gasteiger partial charge is 0.497 e. The summed E-state index contributed by atoms with van der Waals surface area (Å²) in [6.07, 6.45) is 6.70. The van der Waals surface area contributed by atoms with Gasteiger partial charge in [0.1, 0.15) is 11.5 Å². The number of nitrogens with zero attached hydrogens (tertiary/aromatic N) is 2. The van der Waals surface area contributed by atoms with Crippen LogP contribution in [0, 0.1) is 5.41 Å². The molecular weight excluding hydrogens is 519 g/mol. The van der Waals surface area contributed by atoms with E-state index in [1.807, 2.05) is 36.4 Å². The zero-order valence-corrected chi connectivity index (χ0v) is 21.6. The van der Waals surface area contributed by atoms with Crippen molar-refractivity contribution in [1.29, 1.82) is 0 Å². The Morgan fingerprint density at radius 3 is 2.38 bits per heavy atom. The van der Waals surface area contributed by atoms with Crippen LogP contribution in [0.15, 0.2) is 47.6 Å². The lowest BCUT2D eigenvalue weighted by Gasteiger charge is -2.42. The van der Waals surface area contributed by atoms with E-state index >= 15 is 0 Å². The first-order valence-electron chi connectivity index (χ1n) is 10.9. The number of benzene rings is 1. The van der Waals surface area contributed by atoms with E-state index in [1.54, 1.807) is 20.4 Å². The summed E-state index contributed by atoms with van der Waals surface area (Å²) in [5, 5.41) is 6.86. The fraction of sp³-hybridized carbons (Fsp3) is 0.500. The molecular formula is C24H35IN4O3. The first-order valence-corrected chi connectivity index (χ1v) is 10.9. The van der Waals surface area contributed by atoms with Gasteiger partial charge in [0.05, 0.1) is 13.7 Å². The van der Waals surface area contributed by atoms with Crippen LogP contribution in [0.4, 0.5) is 0 Å². The maximum Gasteiger partial charge on any atom is 0.219 e. The maximum atomic E-state index is 5.79. The molecule has 1 fully saturated rings. The third-order valence-corrected chi connectivity index (χ3v) is 5.72. The number of aromatic nitrogens is 1. The Kier molecular flexibility index (Phi) is 11.0. The number of nitrogens with one attached hydrogen (secondary N) is 2. The molecule has 1 aromatic carbocycles. The summed E-state index contributed by atoms with van der Waals surface area (Å²) in [6, 6.07) is 11.3. The molecule has 0 atom stereocenters. The van der Waals surface area contributed by atoms with Crippen molar-refractivity contribution in [2.24, 2.45) is 10.4 Å². The molecule has 1 aliphatic carbocycles. The fourth-order valence-electron chi connectivity index (χ4n) is 3.62. The maximum absolute atomic E-state index is 5.79. The number of pyridine rings is 1. The number of hydrogen-bond acceptors (Lipinski definition) is 5. The molecule has 1 aromatic heterocycles. The van der Waals surface area contributed by atoms with Gasteiger partial charge >= 0.3 is 0 Å². The van der Waals surface area contributed by atoms with Crippen LogP contribution in [0.5, 0.6) is 17.4 Å². The highest BCUT2D eigenvalue weighted by Crippen LogP contribution is 2.43. The highest BCUT2D eigenvalue weighted by molar-refractivity contribution is 14.0. The molecule has 0 unspecified atom stereocenters. The van der Waals surface area contributed by atoms with Crippen LogP contribution < -0.4 is 20.1 Å². The van der Waals surface area contributed by atoms with Gasteiger partial charge < -0.3 is 24.8 Å². The van der Waals surface area contributed by atoms with Crippen molar-refractivity contribution in [1.82, 2.24) is 15.6 Å². The molecule has 0 bridgehead atoms. The number of guanidine groups is 1. The van der Waals surface area contributed by atoms with E-state index in [0.717, 1.165) is 49.1 Å². The number of rotatable bonds is 11. The Balaban J connectivity index is 0.00000363. The van der Waals surface area contributed by atoms with Crippen molar-refractivity contribution in [3.63, 3.8) is 0 Å². The smallest absolute Gasteiger partial charge is 0.219 e. The van der Waals surface area contributed by atoms with Crippen LogP contribution in [0.1, 0.15) is 38.2 Å². The van der Waals surface area contributed by atoms with Crippen molar-refractivity contribution in [2.45, 2.75) is 39.2 Å². The zero-order valence-electron chi connectivity index (χ0n) is 19.2. The number of aliphatic imine (C=N–C) groups is 1. The quantitative estimate of drug-likeness (QED) is 0.237. The molecule has 2 N–H and O–H groups in total. The predicted octanol–water partition coefficient (Wildman–Crippen LogP) is 4.76. The first kappa shape index (κ1) is 26.2. The van der Waals surface area contributed by atoms with Crippen LogP contribution in [0.3, 0.4) is 0 Å². The van der Waals surface area contributed by atoms with Crippen molar-refractivity contribution in [3.05, 3.63) is 48.2 Å². The average Bonchev–Trinajstić information content (AvgIpc) is 2.78. The number of halogens is 1. The van der Waals surface area contributed by atoms with Crippen LogP contribution in [0.25, 0.3) is 0 Å². The lowest BCUT2D eigenvalue weighted by Crippen LogP contribution is -2.46. The normalized spacial score (nSPS) is 14.7. The first-order chi connectivity index (χ1) is 15.2. The van der Waals surface area contributed by atoms with Gasteiger partial charge in [-0.1, -0.05) is 12.5 Å². The second kappa shape index (κ2) is 13.5. The molecule has 0 saturated heterocycles. The van der Waals surface area contributed by atoms with Crippen LogP contribution in [-0.2, 0) is 11.3 Å². The van der Waals surface area contributed by atoms with Gasteiger partial charge in [-0.15, -0.1) is 24.0 Å². The van der Waals surface area contributed by atoms with Crippen LogP contribution >= 0.6 is 24.0 Å². The molecule has 0 radical (unpaired) electrons. The number of ether oxygens (including phenoxy) is 3. The monoisotopic (exact) mass is 554 g/mol. The van der Waals surface area contributed by atoms with Crippen LogP contribution in [-0.4, -0.2) is 44.9 Å². The molecule has 0 aliphatic heterocycles. The van der Waals surface area contributed by atoms with E-state index in [0.29, 0.717) is 17.8 Å². The molecule has 8 heteroatoms. The summed E-state index contributed by atoms with van der Waals surface area (Å²) in [5.41, 5.74) is 1.37. The van der Waals surface area contributed by atoms with Crippen molar-refractivity contribution >= 4 is 29.9 Å². The van der Waals surface area contributed by atoms with Gasteiger partial charge in [-0.05, 0) is 61.4 Å². The Bertz CT molecular complexity index is 824. The molecule has 32 heavy (non-hydrogen) atoms. The Morgan fingerprint density at radius 1 is 1.06 bits per heavy atom. The van der Waals surface area contributed by atoms with Crippen molar-refractivity contribution in [3.8, 4) is 17.4 Å². The minimum Gasteiger partial charge on any atom is -0.497 e. The van der Waals surface area contributed by atoms with Crippen LogP contribution in [0.2, 0.25) is 0 Å². The Labute approximate surface area is 208 Å². The lowest BCUT2D eigenvalue weighted by atomic mass is 9.67. The SMILES string of the molecule is CCNC(=NCc1ccc(Oc2ccc(OC)cc2)nc1)NCC1(CCOC)CCC1.I. The van der Waals surface area contributed by atoms with Gasteiger partial charge in [0.2, 0.25) is 5.88 Å². The summed E-state index contributed by atoms with van der Waals surface area (Å²) < 4.78 is 16.2. The summed E-state index contributed by atoms with van der Waals surface area (Å²) in [4.78, 5) is 9.13. The second-order valence-electron chi connectivity index (χ2n) is 7.93. The highest BCUT2D eigenvalue weighted by atomic mass is 127. The van der Waals surface area contributed by atoms with E-state index in [4.69, 9.17) is 19.2 Å². The molecule has 0 amide bonds. The average molecular weight is 554 g/mol. The number of methoxy groups -OCH3 is 2. The molecule has 1 saturated carbocycles. The second-order valence-corrected chi connectivity index (χ2v) is 7.93. The van der Waals surface area contributed by atoms with Gasteiger partial charge in [0.15, 0.2) is 5.96 Å². The third kappa shape index (κ3) is 7.81. The van der Waals surface area contributed by atoms with E-state index < -0.39 is 0 Å². The minimum absolute atomic E-state index is 0. The van der Waals surface area contributed by atoms with Crippen molar-refractivity contribution in [2.75, 3.05) is 33.9 Å². The topological polar surface area (TPSA) is 77.0 Å². The van der Waals surface area contributed by atoms with Gasteiger partial charge in [-0.3, -0.25) is 0 Å². The summed E-state index contributed by atoms with van der Waals surface area (Å²) in [7, 11) is 3.41. The predicted molar refractivity (Wildman–Crippen MR) is 138 cm³/mol.